The molecular formula is C90H56BN3O2. The number of benzene rings is 15. The van der Waals surface area contributed by atoms with E-state index in [2.05, 4.69) is 354 Å². The van der Waals surface area contributed by atoms with Crippen molar-refractivity contribution < 1.29 is 8.83 Å². The summed E-state index contributed by atoms with van der Waals surface area (Å²) in [5.74, 6) is 0. The summed E-state index contributed by atoms with van der Waals surface area (Å²) in [6.07, 6.45) is 0. The number of aromatic nitrogens is 1. The highest BCUT2D eigenvalue weighted by atomic mass is 16.3. The maximum Gasteiger partial charge on any atom is 0.252 e. The minimum absolute atomic E-state index is 0.253. The molecule has 0 N–H and O–H groups in total. The summed E-state index contributed by atoms with van der Waals surface area (Å²) in [7, 11) is 0. The molecule has 5 nitrogen and oxygen atoms in total. The van der Waals surface area contributed by atoms with Gasteiger partial charge in [0, 0.05) is 44.3 Å². The molecule has 0 aliphatic carbocycles. The summed E-state index contributed by atoms with van der Waals surface area (Å²) in [5.41, 5.74) is 30.3. The van der Waals surface area contributed by atoms with E-state index in [0.717, 1.165) is 161 Å². The van der Waals surface area contributed by atoms with Crippen LogP contribution in [0.25, 0.3) is 138 Å². The normalized spacial score (nSPS) is 12.5. The number of furan rings is 2. The van der Waals surface area contributed by atoms with Gasteiger partial charge in [0.1, 0.15) is 22.3 Å². The molecule has 0 amide bonds. The van der Waals surface area contributed by atoms with Gasteiger partial charge in [0.05, 0.1) is 38.9 Å². The summed E-state index contributed by atoms with van der Waals surface area (Å²) in [5, 5.41) is 6.53. The SMILES string of the molecule is c1ccc(-c2ccc3c(c2)B2c4cc(-c5ccccc5)ccc4N(c4cccc5oc6ccc(-c7ccccc7)cc6c45)c4cc(-n5c6cc(-c7ccccc7)ccc6c6ccc(-c7ccccc7)cc65)cc(c42)N3c2cccc3oc4ccc(-c5ccccc5)cc4c23)cc1. The molecular weight excluding hydrogens is 1170 g/mol. The zero-order valence-electron chi connectivity index (χ0n) is 52.1. The lowest BCUT2D eigenvalue weighted by molar-refractivity contribution is 0.668. The maximum atomic E-state index is 7.01. The molecule has 5 heterocycles. The monoisotopic (exact) mass is 1220 g/mol. The summed E-state index contributed by atoms with van der Waals surface area (Å²) >= 11 is 0. The minimum atomic E-state index is -0.253. The van der Waals surface area contributed by atoms with E-state index in [1.54, 1.807) is 0 Å². The first-order valence-electron chi connectivity index (χ1n) is 33.0. The highest BCUT2D eigenvalue weighted by Gasteiger charge is 2.45. The molecule has 0 radical (unpaired) electrons. The lowest BCUT2D eigenvalue weighted by Gasteiger charge is -2.45. The number of hydrogen-bond acceptors (Lipinski definition) is 4. The second kappa shape index (κ2) is 21.5. The average molecular weight is 1220 g/mol. The molecule has 15 aromatic carbocycles. The van der Waals surface area contributed by atoms with Crippen LogP contribution in [0.3, 0.4) is 0 Å². The Morgan fingerprint density at radius 3 is 0.927 bits per heavy atom. The molecule has 20 rings (SSSR count). The Bertz CT molecular complexity index is 5770. The fourth-order valence-corrected chi connectivity index (χ4v) is 15.8. The van der Waals surface area contributed by atoms with E-state index in [-0.39, 0.29) is 6.71 Å². The Morgan fingerprint density at radius 1 is 0.219 bits per heavy atom. The molecule has 2 aliphatic heterocycles. The lowest BCUT2D eigenvalue weighted by atomic mass is 9.33. The number of nitrogens with zero attached hydrogens (tertiary/aromatic N) is 3. The van der Waals surface area contributed by atoms with Crippen LogP contribution >= 0.6 is 0 Å². The zero-order chi connectivity index (χ0) is 63.0. The first-order valence-corrected chi connectivity index (χ1v) is 33.0. The van der Waals surface area contributed by atoms with Gasteiger partial charge in [-0.1, -0.05) is 255 Å². The van der Waals surface area contributed by atoms with Gasteiger partial charge >= 0.3 is 0 Å². The number of anilines is 6. The van der Waals surface area contributed by atoms with Crippen LogP contribution in [0.2, 0.25) is 0 Å². The largest absolute Gasteiger partial charge is 0.456 e. The number of fused-ring (bicyclic) bond motifs is 13. The lowest BCUT2D eigenvalue weighted by Crippen LogP contribution is -2.61. The van der Waals surface area contributed by atoms with Crippen LogP contribution in [0.15, 0.2) is 349 Å². The van der Waals surface area contributed by atoms with E-state index in [4.69, 9.17) is 8.83 Å². The van der Waals surface area contributed by atoms with Crippen molar-refractivity contribution in [3.05, 3.63) is 340 Å². The molecule has 2 aliphatic rings. The van der Waals surface area contributed by atoms with Crippen molar-refractivity contribution in [1.82, 2.24) is 4.57 Å². The molecule has 18 aromatic rings. The van der Waals surface area contributed by atoms with Gasteiger partial charge in [-0.05, 0) is 168 Å². The molecule has 446 valence electrons. The third-order valence-corrected chi connectivity index (χ3v) is 20.1. The maximum absolute atomic E-state index is 7.01. The third-order valence-electron chi connectivity index (χ3n) is 20.1. The van der Waals surface area contributed by atoms with Gasteiger partial charge in [-0.2, -0.15) is 0 Å². The van der Waals surface area contributed by atoms with E-state index in [0.29, 0.717) is 0 Å². The predicted molar refractivity (Wildman–Crippen MR) is 402 cm³/mol. The second-order valence-corrected chi connectivity index (χ2v) is 25.5. The van der Waals surface area contributed by atoms with Gasteiger partial charge < -0.3 is 23.2 Å². The van der Waals surface area contributed by atoms with Gasteiger partial charge in [0.2, 0.25) is 0 Å². The zero-order valence-corrected chi connectivity index (χ0v) is 52.1. The van der Waals surface area contributed by atoms with Gasteiger partial charge in [0.15, 0.2) is 0 Å². The predicted octanol–water partition coefficient (Wildman–Crippen LogP) is 22.7. The molecule has 0 fully saturated rings. The van der Waals surface area contributed by atoms with Crippen LogP contribution in [0.1, 0.15) is 0 Å². The number of rotatable bonds is 9. The molecule has 96 heavy (non-hydrogen) atoms. The Labute approximate surface area is 554 Å². The third kappa shape index (κ3) is 8.45. The standard InChI is InChI=1S/C90H56BN3O2/c1-7-21-57(22-8-1)63-41-47-84-72(49-63)88-78(33-19-35-86(88)95-84)93-76-45-39-65(59-25-11-3-12-26-59)51-74(76)91-75-52-66(60-27-13-4-14-28-60)40-46-77(75)94(79-34-20-36-87-89(79)73-50-64(42-48-85(73)96-87)58-23-9-2-10-24-58)83-56-69(55-82(93)90(83)91)92-80-53-67(61-29-15-5-16-30-61)37-43-70(80)71-44-38-68(54-81(71)92)62-31-17-6-18-32-62/h1-56H. The Hall–Kier alpha value is -12.6. The summed E-state index contributed by atoms with van der Waals surface area (Å²) in [4.78, 5) is 5.16. The van der Waals surface area contributed by atoms with Crippen molar-refractivity contribution >= 4 is 123 Å². The van der Waals surface area contributed by atoms with Crippen LogP contribution in [0.4, 0.5) is 34.1 Å². The molecule has 0 unspecified atom stereocenters. The van der Waals surface area contributed by atoms with Crippen molar-refractivity contribution in [1.29, 1.82) is 0 Å². The van der Waals surface area contributed by atoms with Crippen molar-refractivity contribution in [3.63, 3.8) is 0 Å². The first-order chi connectivity index (χ1) is 47.6. The molecule has 0 saturated heterocycles. The highest BCUT2D eigenvalue weighted by Crippen LogP contribution is 2.52. The van der Waals surface area contributed by atoms with Gasteiger partial charge in [-0.3, -0.25) is 0 Å². The Balaban J connectivity index is 0.954. The van der Waals surface area contributed by atoms with Gasteiger partial charge in [0.25, 0.3) is 6.71 Å². The Kier molecular flexibility index (Phi) is 12.1. The average Bonchev–Trinajstić information content (AvgIpc) is 0.945. The van der Waals surface area contributed by atoms with E-state index in [9.17, 15) is 0 Å². The van der Waals surface area contributed by atoms with Crippen LogP contribution in [0.5, 0.6) is 0 Å². The topological polar surface area (TPSA) is 37.7 Å². The fraction of sp³-hybridized carbons (Fsp3) is 0. The molecule has 0 saturated carbocycles. The van der Waals surface area contributed by atoms with Crippen LogP contribution in [0, 0.1) is 0 Å². The van der Waals surface area contributed by atoms with Crippen molar-refractivity contribution in [2.24, 2.45) is 0 Å². The van der Waals surface area contributed by atoms with Crippen molar-refractivity contribution in [2.75, 3.05) is 9.80 Å². The van der Waals surface area contributed by atoms with Crippen LogP contribution < -0.4 is 26.2 Å². The van der Waals surface area contributed by atoms with E-state index < -0.39 is 0 Å². The number of hydrogen-bond donors (Lipinski definition) is 0. The quantitative estimate of drug-likeness (QED) is 0.135. The van der Waals surface area contributed by atoms with Crippen LogP contribution in [-0.2, 0) is 0 Å². The molecule has 3 aromatic heterocycles. The van der Waals surface area contributed by atoms with E-state index in [1.165, 1.54) is 27.2 Å². The fourth-order valence-electron chi connectivity index (χ4n) is 15.8. The van der Waals surface area contributed by atoms with Gasteiger partial charge in [-0.15, -0.1) is 0 Å². The molecule has 6 heteroatoms. The summed E-state index contributed by atoms with van der Waals surface area (Å²) in [6, 6.07) is 125. The second-order valence-electron chi connectivity index (χ2n) is 25.5. The molecule has 0 spiro atoms. The first kappa shape index (κ1) is 54.0. The van der Waals surface area contributed by atoms with Crippen molar-refractivity contribution in [2.45, 2.75) is 0 Å². The molecule has 0 atom stereocenters. The summed E-state index contributed by atoms with van der Waals surface area (Å²) in [6.45, 7) is -0.253. The van der Waals surface area contributed by atoms with E-state index in [1.807, 2.05) is 0 Å². The summed E-state index contributed by atoms with van der Waals surface area (Å²) < 4.78 is 16.6. The Morgan fingerprint density at radius 2 is 0.552 bits per heavy atom. The highest BCUT2D eigenvalue weighted by molar-refractivity contribution is 7.00. The van der Waals surface area contributed by atoms with E-state index >= 15 is 0 Å². The van der Waals surface area contributed by atoms with Gasteiger partial charge in [-0.25, -0.2) is 0 Å². The van der Waals surface area contributed by atoms with Crippen molar-refractivity contribution in [3.8, 4) is 72.4 Å². The smallest absolute Gasteiger partial charge is 0.252 e. The molecule has 0 bridgehead atoms. The van der Waals surface area contributed by atoms with Crippen LogP contribution in [-0.4, -0.2) is 11.3 Å². The minimum Gasteiger partial charge on any atom is -0.456 e.